The summed E-state index contributed by atoms with van der Waals surface area (Å²) < 4.78 is 0. The van der Waals surface area contributed by atoms with E-state index in [2.05, 4.69) is 50.9 Å². The zero-order chi connectivity index (χ0) is 13.1. The molecule has 1 unspecified atom stereocenters. The van der Waals surface area contributed by atoms with E-state index in [1.165, 1.54) is 24.9 Å². The molecule has 1 heterocycles. The fraction of sp³-hybridized carbons (Fsp3) is 0.533. The Morgan fingerprint density at radius 1 is 1.11 bits per heavy atom. The van der Waals surface area contributed by atoms with Gasteiger partial charge in [0.05, 0.1) is 0 Å². The topological polar surface area (TPSA) is 39.7 Å². The number of rotatable bonds is 3. The second-order valence-corrected chi connectivity index (χ2v) is 5.40. The van der Waals surface area contributed by atoms with Crippen molar-refractivity contribution < 1.29 is 0 Å². The standard InChI is InChI=1S/C15H22N4/c1-16-15(17-12-7-8-12)18-13-9-10-19(11-13)14-5-3-2-4-6-14/h2-6,12-13H,7-11H2,1H3,(H2,16,17,18). The Morgan fingerprint density at radius 2 is 1.84 bits per heavy atom. The summed E-state index contributed by atoms with van der Waals surface area (Å²) in [4.78, 5) is 6.74. The highest BCUT2D eigenvalue weighted by atomic mass is 15.3. The number of hydrogen-bond acceptors (Lipinski definition) is 2. The molecule has 2 aliphatic rings. The van der Waals surface area contributed by atoms with Gasteiger partial charge in [0.25, 0.3) is 0 Å². The molecular formula is C15H22N4. The molecule has 1 saturated heterocycles. The number of hydrogen-bond donors (Lipinski definition) is 2. The van der Waals surface area contributed by atoms with E-state index in [9.17, 15) is 0 Å². The molecule has 102 valence electrons. The maximum atomic E-state index is 4.31. The van der Waals surface area contributed by atoms with Gasteiger partial charge in [0.15, 0.2) is 5.96 Å². The Labute approximate surface area is 114 Å². The smallest absolute Gasteiger partial charge is 0.191 e. The largest absolute Gasteiger partial charge is 0.369 e. The first-order chi connectivity index (χ1) is 9.35. The lowest BCUT2D eigenvalue weighted by Gasteiger charge is -2.20. The Bertz CT molecular complexity index is 439. The average Bonchev–Trinajstić information content (AvgIpc) is 3.15. The van der Waals surface area contributed by atoms with Gasteiger partial charge in [-0.1, -0.05) is 18.2 Å². The Balaban J connectivity index is 1.53. The van der Waals surface area contributed by atoms with Crippen molar-refractivity contribution in [2.45, 2.75) is 31.3 Å². The van der Waals surface area contributed by atoms with Crippen molar-refractivity contribution >= 4 is 11.6 Å². The monoisotopic (exact) mass is 258 g/mol. The van der Waals surface area contributed by atoms with Crippen molar-refractivity contribution in [2.24, 2.45) is 4.99 Å². The minimum atomic E-state index is 0.491. The van der Waals surface area contributed by atoms with Gasteiger partial charge in [0, 0.05) is 37.9 Å². The van der Waals surface area contributed by atoms with Crippen molar-refractivity contribution in [1.29, 1.82) is 0 Å². The molecule has 0 spiro atoms. The molecule has 4 heteroatoms. The third-order valence-electron chi connectivity index (χ3n) is 3.79. The summed E-state index contributed by atoms with van der Waals surface area (Å²) in [7, 11) is 1.85. The molecule has 0 bridgehead atoms. The highest BCUT2D eigenvalue weighted by Crippen LogP contribution is 2.20. The van der Waals surface area contributed by atoms with E-state index >= 15 is 0 Å². The fourth-order valence-corrected chi connectivity index (χ4v) is 2.54. The molecule has 0 amide bonds. The van der Waals surface area contributed by atoms with E-state index in [-0.39, 0.29) is 0 Å². The SMILES string of the molecule is CN=C(NC1CC1)NC1CCN(c2ccccc2)C1. The minimum absolute atomic E-state index is 0.491. The second-order valence-electron chi connectivity index (χ2n) is 5.40. The maximum Gasteiger partial charge on any atom is 0.191 e. The first kappa shape index (κ1) is 12.3. The summed E-state index contributed by atoms with van der Waals surface area (Å²) in [6, 6.07) is 11.8. The summed E-state index contributed by atoms with van der Waals surface area (Å²) >= 11 is 0. The van der Waals surface area contributed by atoms with Crippen molar-refractivity contribution in [2.75, 3.05) is 25.0 Å². The van der Waals surface area contributed by atoms with E-state index in [4.69, 9.17) is 0 Å². The molecule has 1 aliphatic carbocycles. The van der Waals surface area contributed by atoms with Gasteiger partial charge < -0.3 is 15.5 Å². The number of benzene rings is 1. The van der Waals surface area contributed by atoms with Gasteiger partial charge in [-0.15, -0.1) is 0 Å². The fourth-order valence-electron chi connectivity index (χ4n) is 2.54. The highest BCUT2D eigenvalue weighted by Gasteiger charge is 2.26. The lowest BCUT2D eigenvalue weighted by Crippen LogP contribution is -2.45. The molecule has 3 rings (SSSR count). The lowest BCUT2D eigenvalue weighted by molar-refractivity contribution is 0.648. The number of aliphatic imine (C=N–C) groups is 1. The number of nitrogens with zero attached hydrogens (tertiary/aromatic N) is 2. The van der Waals surface area contributed by atoms with Gasteiger partial charge in [0.2, 0.25) is 0 Å². The van der Waals surface area contributed by atoms with Crippen LogP contribution < -0.4 is 15.5 Å². The van der Waals surface area contributed by atoms with Crippen LogP contribution in [0.15, 0.2) is 35.3 Å². The molecule has 4 nitrogen and oxygen atoms in total. The van der Waals surface area contributed by atoms with Crippen LogP contribution in [-0.4, -0.2) is 38.2 Å². The van der Waals surface area contributed by atoms with Crippen LogP contribution in [0.1, 0.15) is 19.3 Å². The lowest BCUT2D eigenvalue weighted by atomic mass is 10.3. The number of anilines is 1. The van der Waals surface area contributed by atoms with Crippen LogP contribution in [0.3, 0.4) is 0 Å². The molecule has 1 aromatic carbocycles. The number of guanidine groups is 1. The van der Waals surface area contributed by atoms with E-state index in [0.29, 0.717) is 12.1 Å². The molecule has 1 atom stereocenters. The molecule has 2 N–H and O–H groups in total. The van der Waals surface area contributed by atoms with Crippen LogP contribution in [0.4, 0.5) is 5.69 Å². The van der Waals surface area contributed by atoms with Crippen LogP contribution in [0.5, 0.6) is 0 Å². The summed E-state index contributed by atoms with van der Waals surface area (Å²) in [6.45, 7) is 2.16. The molecule has 1 aromatic rings. The van der Waals surface area contributed by atoms with Gasteiger partial charge >= 0.3 is 0 Å². The normalized spacial score (nSPS) is 23.5. The van der Waals surface area contributed by atoms with Gasteiger partial charge in [-0.25, -0.2) is 0 Å². The molecule has 2 fully saturated rings. The Morgan fingerprint density at radius 3 is 2.53 bits per heavy atom. The van der Waals surface area contributed by atoms with Gasteiger partial charge in [0.1, 0.15) is 0 Å². The molecule has 1 saturated carbocycles. The van der Waals surface area contributed by atoms with Crippen LogP contribution in [0.2, 0.25) is 0 Å². The first-order valence-electron chi connectivity index (χ1n) is 7.15. The molecule has 1 aliphatic heterocycles. The summed E-state index contributed by atoms with van der Waals surface area (Å²) in [6.07, 6.45) is 3.73. The van der Waals surface area contributed by atoms with Gasteiger partial charge in [-0.05, 0) is 31.4 Å². The third-order valence-corrected chi connectivity index (χ3v) is 3.79. The number of para-hydroxylation sites is 1. The predicted molar refractivity (Wildman–Crippen MR) is 79.7 cm³/mol. The number of nitrogens with one attached hydrogen (secondary N) is 2. The quantitative estimate of drug-likeness (QED) is 0.639. The zero-order valence-corrected chi connectivity index (χ0v) is 11.5. The Hall–Kier alpha value is -1.71. The molecule has 0 radical (unpaired) electrons. The molecule has 19 heavy (non-hydrogen) atoms. The van der Waals surface area contributed by atoms with Gasteiger partial charge in [-0.2, -0.15) is 0 Å². The Kier molecular flexibility index (Phi) is 3.58. The van der Waals surface area contributed by atoms with Crippen molar-refractivity contribution in [3.8, 4) is 0 Å². The van der Waals surface area contributed by atoms with Crippen molar-refractivity contribution in [3.05, 3.63) is 30.3 Å². The van der Waals surface area contributed by atoms with Crippen molar-refractivity contribution in [3.63, 3.8) is 0 Å². The molecular weight excluding hydrogens is 236 g/mol. The average molecular weight is 258 g/mol. The first-order valence-corrected chi connectivity index (χ1v) is 7.15. The second kappa shape index (κ2) is 5.51. The highest BCUT2D eigenvalue weighted by molar-refractivity contribution is 5.80. The summed E-state index contributed by atoms with van der Waals surface area (Å²) in [5.74, 6) is 0.961. The molecule has 0 aromatic heterocycles. The summed E-state index contributed by atoms with van der Waals surface area (Å²) in [5, 5.41) is 6.98. The summed E-state index contributed by atoms with van der Waals surface area (Å²) in [5.41, 5.74) is 1.32. The van der Waals surface area contributed by atoms with Crippen molar-refractivity contribution in [1.82, 2.24) is 10.6 Å². The van der Waals surface area contributed by atoms with Crippen LogP contribution in [0, 0.1) is 0 Å². The third kappa shape index (κ3) is 3.19. The van der Waals surface area contributed by atoms with E-state index in [1.54, 1.807) is 0 Å². The van der Waals surface area contributed by atoms with E-state index in [0.717, 1.165) is 19.0 Å². The van der Waals surface area contributed by atoms with E-state index in [1.807, 2.05) is 7.05 Å². The van der Waals surface area contributed by atoms with Crippen LogP contribution in [0.25, 0.3) is 0 Å². The van der Waals surface area contributed by atoms with Crippen LogP contribution >= 0.6 is 0 Å². The maximum absolute atomic E-state index is 4.31. The minimum Gasteiger partial charge on any atom is -0.369 e. The van der Waals surface area contributed by atoms with Gasteiger partial charge in [-0.3, -0.25) is 4.99 Å². The van der Waals surface area contributed by atoms with E-state index < -0.39 is 0 Å². The zero-order valence-electron chi connectivity index (χ0n) is 11.5. The predicted octanol–water partition coefficient (Wildman–Crippen LogP) is 1.59. The van der Waals surface area contributed by atoms with Crippen LogP contribution in [-0.2, 0) is 0 Å².